The molecule has 0 atom stereocenters. The molecule has 0 spiro atoms. The van der Waals surface area contributed by atoms with Crippen LogP contribution in [0.15, 0.2) is 30.0 Å². The van der Waals surface area contributed by atoms with Crippen molar-refractivity contribution in [3.05, 3.63) is 46.4 Å². The molecule has 0 radical (unpaired) electrons. The number of nitrogens with zero attached hydrogens (tertiary/aromatic N) is 2. The molecule has 0 fully saturated rings. The molecule has 0 aliphatic rings. The molecule has 1 amide bonds. The normalized spacial score (nSPS) is 10.1. The van der Waals surface area contributed by atoms with Gasteiger partial charge in [-0.25, -0.2) is 4.98 Å². The minimum absolute atomic E-state index is 0.0491. The summed E-state index contributed by atoms with van der Waals surface area (Å²) in [6.07, 6.45) is 2.96. The second-order valence-electron chi connectivity index (χ2n) is 2.99. The highest BCUT2D eigenvalue weighted by Gasteiger charge is 2.11. The van der Waals surface area contributed by atoms with E-state index in [1.54, 1.807) is 11.7 Å². The number of halogens is 1. The van der Waals surface area contributed by atoms with Gasteiger partial charge < -0.3 is 5.32 Å². The fourth-order valence-electron chi connectivity index (χ4n) is 1.15. The van der Waals surface area contributed by atoms with Crippen molar-refractivity contribution in [2.75, 3.05) is 0 Å². The standard InChI is InChI=1S/C10H8FN3OS/c11-9-8(2-1-3-13-9)10(15)14-5-7-4-12-6-16-7/h1-4,6H,5H2,(H,14,15). The lowest BCUT2D eigenvalue weighted by Gasteiger charge is -2.03. The molecule has 2 heterocycles. The van der Waals surface area contributed by atoms with Crippen LogP contribution in [0.5, 0.6) is 0 Å². The van der Waals surface area contributed by atoms with Gasteiger partial charge in [-0.05, 0) is 12.1 Å². The second-order valence-corrected chi connectivity index (χ2v) is 3.96. The number of aromatic nitrogens is 2. The van der Waals surface area contributed by atoms with E-state index in [0.717, 1.165) is 4.88 Å². The van der Waals surface area contributed by atoms with E-state index in [1.807, 2.05) is 0 Å². The quantitative estimate of drug-likeness (QED) is 0.825. The van der Waals surface area contributed by atoms with Crippen molar-refractivity contribution >= 4 is 17.2 Å². The minimum atomic E-state index is -0.760. The highest BCUT2D eigenvalue weighted by atomic mass is 32.1. The third-order valence-corrected chi connectivity index (χ3v) is 2.69. The number of hydrogen-bond donors (Lipinski definition) is 1. The molecule has 16 heavy (non-hydrogen) atoms. The topological polar surface area (TPSA) is 54.9 Å². The third kappa shape index (κ3) is 2.40. The van der Waals surface area contributed by atoms with Crippen molar-refractivity contribution < 1.29 is 9.18 Å². The van der Waals surface area contributed by atoms with Gasteiger partial charge in [0, 0.05) is 17.3 Å². The molecule has 2 aromatic rings. The SMILES string of the molecule is O=C(NCc1cncs1)c1cccnc1F. The molecule has 0 aliphatic heterocycles. The molecule has 0 saturated carbocycles. The van der Waals surface area contributed by atoms with Gasteiger partial charge in [0.15, 0.2) is 0 Å². The molecule has 1 N–H and O–H groups in total. The lowest BCUT2D eigenvalue weighted by molar-refractivity contribution is 0.0946. The Labute approximate surface area is 95.2 Å². The first-order chi connectivity index (χ1) is 7.77. The van der Waals surface area contributed by atoms with Gasteiger partial charge in [-0.1, -0.05) is 0 Å². The third-order valence-electron chi connectivity index (χ3n) is 1.91. The van der Waals surface area contributed by atoms with Gasteiger partial charge >= 0.3 is 0 Å². The molecule has 2 rings (SSSR count). The molecule has 0 saturated heterocycles. The summed E-state index contributed by atoms with van der Waals surface area (Å²) in [7, 11) is 0. The zero-order chi connectivity index (χ0) is 11.4. The largest absolute Gasteiger partial charge is 0.347 e. The number of pyridine rings is 1. The van der Waals surface area contributed by atoms with Gasteiger partial charge in [0.2, 0.25) is 5.95 Å². The maximum absolute atomic E-state index is 13.1. The Bertz CT molecular complexity index is 487. The number of carbonyl (C=O) groups excluding carboxylic acids is 1. The van der Waals surface area contributed by atoms with Gasteiger partial charge in [0.25, 0.3) is 5.91 Å². The van der Waals surface area contributed by atoms with Crippen molar-refractivity contribution in [1.82, 2.24) is 15.3 Å². The zero-order valence-corrected chi connectivity index (χ0v) is 9.00. The molecular formula is C10H8FN3OS. The van der Waals surface area contributed by atoms with Gasteiger partial charge in [-0.3, -0.25) is 9.78 Å². The summed E-state index contributed by atoms with van der Waals surface area (Å²) in [6, 6.07) is 2.91. The van der Waals surface area contributed by atoms with Crippen LogP contribution in [0.3, 0.4) is 0 Å². The molecule has 0 unspecified atom stereocenters. The molecule has 6 heteroatoms. The lowest BCUT2D eigenvalue weighted by atomic mass is 10.2. The van der Waals surface area contributed by atoms with Crippen molar-refractivity contribution in [3.8, 4) is 0 Å². The zero-order valence-electron chi connectivity index (χ0n) is 8.18. The fourth-order valence-corrected chi connectivity index (χ4v) is 1.68. The molecule has 0 aromatic carbocycles. The van der Waals surface area contributed by atoms with E-state index in [2.05, 4.69) is 15.3 Å². The van der Waals surface area contributed by atoms with E-state index in [0.29, 0.717) is 6.54 Å². The Morgan fingerprint density at radius 1 is 1.56 bits per heavy atom. The van der Waals surface area contributed by atoms with Crippen molar-refractivity contribution in [3.63, 3.8) is 0 Å². The molecule has 4 nitrogen and oxygen atoms in total. The Balaban J connectivity index is 2.01. The number of carbonyl (C=O) groups is 1. The first-order valence-electron chi connectivity index (χ1n) is 4.53. The smallest absolute Gasteiger partial charge is 0.256 e. The maximum Gasteiger partial charge on any atom is 0.256 e. The van der Waals surface area contributed by atoms with E-state index >= 15 is 0 Å². The summed E-state index contributed by atoms with van der Waals surface area (Å²) in [5.41, 5.74) is 1.62. The molecule has 0 aliphatic carbocycles. The van der Waals surface area contributed by atoms with Crippen LogP contribution in [0.2, 0.25) is 0 Å². The number of thiazole rings is 1. The lowest BCUT2D eigenvalue weighted by Crippen LogP contribution is -2.23. The summed E-state index contributed by atoms with van der Waals surface area (Å²) in [6.45, 7) is 0.345. The summed E-state index contributed by atoms with van der Waals surface area (Å²) in [5, 5.41) is 2.59. The molecule has 0 bridgehead atoms. The second kappa shape index (κ2) is 4.80. The van der Waals surface area contributed by atoms with E-state index < -0.39 is 11.9 Å². The van der Waals surface area contributed by atoms with Crippen LogP contribution in [0.25, 0.3) is 0 Å². The van der Waals surface area contributed by atoms with Crippen molar-refractivity contribution in [1.29, 1.82) is 0 Å². The van der Waals surface area contributed by atoms with Crippen LogP contribution in [0.4, 0.5) is 4.39 Å². The first kappa shape index (κ1) is 10.7. The highest BCUT2D eigenvalue weighted by Crippen LogP contribution is 2.06. The Hall–Kier alpha value is -1.82. The monoisotopic (exact) mass is 237 g/mol. The van der Waals surface area contributed by atoms with E-state index in [4.69, 9.17) is 0 Å². The van der Waals surface area contributed by atoms with Gasteiger partial charge in [-0.15, -0.1) is 11.3 Å². The number of rotatable bonds is 3. The van der Waals surface area contributed by atoms with Crippen LogP contribution in [-0.4, -0.2) is 15.9 Å². The summed E-state index contributed by atoms with van der Waals surface area (Å²) in [5.74, 6) is -1.23. The number of amides is 1. The predicted molar refractivity (Wildman–Crippen MR) is 57.5 cm³/mol. The van der Waals surface area contributed by atoms with E-state index in [1.165, 1.54) is 29.7 Å². The van der Waals surface area contributed by atoms with Crippen LogP contribution >= 0.6 is 11.3 Å². The minimum Gasteiger partial charge on any atom is -0.347 e. The van der Waals surface area contributed by atoms with E-state index in [-0.39, 0.29) is 5.56 Å². The molecule has 82 valence electrons. The summed E-state index contributed by atoms with van der Waals surface area (Å²) < 4.78 is 13.1. The highest BCUT2D eigenvalue weighted by molar-refractivity contribution is 7.09. The van der Waals surface area contributed by atoms with Gasteiger partial charge in [0.05, 0.1) is 17.6 Å². The first-order valence-corrected chi connectivity index (χ1v) is 5.41. The van der Waals surface area contributed by atoms with Crippen LogP contribution in [0, 0.1) is 5.95 Å². The van der Waals surface area contributed by atoms with Gasteiger partial charge in [-0.2, -0.15) is 4.39 Å². The summed E-state index contributed by atoms with van der Waals surface area (Å²) in [4.78, 5) is 19.7. The van der Waals surface area contributed by atoms with Crippen molar-refractivity contribution in [2.24, 2.45) is 0 Å². The average molecular weight is 237 g/mol. The Morgan fingerprint density at radius 3 is 3.12 bits per heavy atom. The predicted octanol–water partition coefficient (Wildman–Crippen LogP) is 1.61. The van der Waals surface area contributed by atoms with Crippen molar-refractivity contribution in [2.45, 2.75) is 6.54 Å². The number of nitrogens with one attached hydrogen (secondary N) is 1. The molecule has 2 aromatic heterocycles. The van der Waals surface area contributed by atoms with Crippen LogP contribution in [-0.2, 0) is 6.54 Å². The van der Waals surface area contributed by atoms with Crippen LogP contribution < -0.4 is 5.32 Å². The Morgan fingerprint density at radius 2 is 2.44 bits per heavy atom. The fraction of sp³-hybridized carbons (Fsp3) is 0.100. The number of hydrogen-bond acceptors (Lipinski definition) is 4. The summed E-state index contributed by atoms with van der Waals surface area (Å²) >= 11 is 1.43. The van der Waals surface area contributed by atoms with Gasteiger partial charge in [0.1, 0.15) is 0 Å². The molecular weight excluding hydrogens is 229 g/mol. The van der Waals surface area contributed by atoms with E-state index in [9.17, 15) is 9.18 Å². The maximum atomic E-state index is 13.1. The van der Waals surface area contributed by atoms with Crippen LogP contribution in [0.1, 0.15) is 15.2 Å². The Kier molecular flexibility index (Phi) is 3.21. The average Bonchev–Trinajstić information content (AvgIpc) is 2.79.